The maximum absolute atomic E-state index is 9.00. The van der Waals surface area contributed by atoms with E-state index >= 15 is 0 Å². The molecular weight excluding hydrogens is 176 g/mol. The van der Waals surface area contributed by atoms with Gasteiger partial charge in [0.15, 0.2) is 0 Å². The van der Waals surface area contributed by atoms with Gasteiger partial charge in [-0.3, -0.25) is 0 Å². The first-order valence-electron chi connectivity index (χ1n) is 5.07. The summed E-state index contributed by atoms with van der Waals surface area (Å²) in [5.74, 6) is 0. The Bertz CT molecular complexity index is 325. The normalized spacial score (nSPS) is 14.0. The number of nitrogens with zero attached hydrogens (tertiary/aromatic N) is 1. The van der Waals surface area contributed by atoms with Crippen molar-refractivity contribution >= 4 is 11.4 Å². The molecular formula is C11H16N2O. The van der Waals surface area contributed by atoms with Crippen LogP contribution in [-0.4, -0.2) is 18.3 Å². The lowest BCUT2D eigenvalue weighted by Crippen LogP contribution is -2.23. The zero-order chi connectivity index (χ0) is 9.97. The zero-order valence-electron chi connectivity index (χ0n) is 8.45. The van der Waals surface area contributed by atoms with Crippen LogP contribution >= 0.6 is 0 Å². The zero-order valence-corrected chi connectivity index (χ0v) is 8.45. The van der Waals surface area contributed by atoms with E-state index < -0.39 is 0 Å². The molecule has 0 spiro atoms. The number of fused-ring (bicyclic) bond motifs is 1. The van der Waals surface area contributed by atoms with E-state index in [1.807, 2.05) is 12.1 Å². The molecule has 0 amide bonds. The number of benzene rings is 1. The van der Waals surface area contributed by atoms with Crippen LogP contribution in [0.1, 0.15) is 18.9 Å². The molecule has 1 heterocycles. The Hall–Kier alpha value is -1.22. The fraction of sp³-hybridized carbons (Fsp3) is 0.455. The van der Waals surface area contributed by atoms with Crippen LogP contribution < -0.4 is 10.2 Å². The number of nitrogens with one attached hydrogen (secondary N) is 1. The molecule has 0 fully saturated rings. The summed E-state index contributed by atoms with van der Waals surface area (Å²) >= 11 is 0. The second-order valence-corrected chi connectivity index (χ2v) is 3.61. The van der Waals surface area contributed by atoms with E-state index in [0.29, 0.717) is 0 Å². The second kappa shape index (κ2) is 3.88. The molecule has 0 radical (unpaired) electrons. The molecule has 2 N–H and O–H groups in total. The number of aliphatic hydroxyl groups is 1. The highest BCUT2D eigenvalue weighted by Crippen LogP contribution is 2.31. The van der Waals surface area contributed by atoms with Gasteiger partial charge in [0.25, 0.3) is 0 Å². The van der Waals surface area contributed by atoms with Crippen molar-refractivity contribution in [3.63, 3.8) is 0 Å². The van der Waals surface area contributed by atoms with Crippen LogP contribution in [0.2, 0.25) is 0 Å². The fourth-order valence-corrected chi connectivity index (χ4v) is 1.83. The van der Waals surface area contributed by atoms with Gasteiger partial charge in [0.1, 0.15) is 0 Å². The summed E-state index contributed by atoms with van der Waals surface area (Å²) in [7, 11) is 0. The Morgan fingerprint density at radius 2 is 2.36 bits per heavy atom. The van der Waals surface area contributed by atoms with Crippen molar-refractivity contribution < 1.29 is 5.11 Å². The van der Waals surface area contributed by atoms with E-state index in [1.165, 1.54) is 5.69 Å². The summed E-state index contributed by atoms with van der Waals surface area (Å²) in [4.78, 5) is 2.32. The van der Waals surface area contributed by atoms with Gasteiger partial charge in [0, 0.05) is 6.54 Å². The molecule has 1 aromatic carbocycles. The molecule has 3 heteroatoms. The molecule has 1 aliphatic heterocycles. The number of hydrogen-bond donors (Lipinski definition) is 2. The minimum Gasteiger partial charge on any atom is -0.392 e. The van der Waals surface area contributed by atoms with Gasteiger partial charge in [-0.1, -0.05) is 13.0 Å². The number of hydrogen-bond acceptors (Lipinski definition) is 3. The van der Waals surface area contributed by atoms with Crippen molar-refractivity contribution in [1.82, 2.24) is 0 Å². The first kappa shape index (κ1) is 9.34. The van der Waals surface area contributed by atoms with Crippen molar-refractivity contribution in [2.75, 3.05) is 23.4 Å². The Kier molecular flexibility index (Phi) is 2.59. The lowest BCUT2D eigenvalue weighted by molar-refractivity contribution is 0.282. The van der Waals surface area contributed by atoms with Gasteiger partial charge < -0.3 is 15.3 Å². The molecule has 0 saturated carbocycles. The Morgan fingerprint density at radius 3 is 3.07 bits per heavy atom. The molecule has 1 aromatic rings. The number of anilines is 2. The average molecular weight is 192 g/mol. The standard InChI is InChI=1S/C11H16N2O/c1-2-5-13-8-12-10-6-9(7-14)3-4-11(10)13/h3-4,6,12,14H,2,5,7-8H2,1H3. The maximum Gasteiger partial charge on any atom is 0.0877 e. The van der Waals surface area contributed by atoms with Crippen LogP contribution in [0.4, 0.5) is 11.4 Å². The predicted octanol–water partition coefficient (Wildman–Crippen LogP) is 1.78. The molecule has 14 heavy (non-hydrogen) atoms. The van der Waals surface area contributed by atoms with Crippen LogP contribution in [0.15, 0.2) is 18.2 Å². The van der Waals surface area contributed by atoms with E-state index in [1.54, 1.807) is 0 Å². The summed E-state index contributed by atoms with van der Waals surface area (Å²) < 4.78 is 0. The summed E-state index contributed by atoms with van der Waals surface area (Å²) in [6.07, 6.45) is 1.16. The summed E-state index contributed by atoms with van der Waals surface area (Å²) in [5.41, 5.74) is 3.36. The maximum atomic E-state index is 9.00. The summed E-state index contributed by atoms with van der Waals surface area (Å²) in [6.45, 7) is 4.26. The molecule has 0 aliphatic carbocycles. The molecule has 76 valence electrons. The molecule has 3 nitrogen and oxygen atoms in total. The van der Waals surface area contributed by atoms with Crippen LogP contribution in [0.5, 0.6) is 0 Å². The summed E-state index contributed by atoms with van der Waals surface area (Å²) in [6, 6.07) is 6.08. The molecule has 0 aromatic heterocycles. The fourth-order valence-electron chi connectivity index (χ4n) is 1.83. The van der Waals surface area contributed by atoms with Gasteiger partial charge in [0.2, 0.25) is 0 Å². The Balaban J connectivity index is 2.24. The monoisotopic (exact) mass is 192 g/mol. The third-order valence-corrected chi connectivity index (χ3v) is 2.54. The summed E-state index contributed by atoms with van der Waals surface area (Å²) in [5, 5.41) is 12.3. The highest BCUT2D eigenvalue weighted by Gasteiger charge is 2.17. The lowest BCUT2D eigenvalue weighted by atomic mass is 10.2. The van der Waals surface area contributed by atoms with Crippen molar-refractivity contribution in [2.24, 2.45) is 0 Å². The van der Waals surface area contributed by atoms with Gasteiger partial charge in [0.05, 0.1) is 24.7 Å². The van der Waals surface area contributed by atoms with Gasteiger partial charge >= 0.3 is 0 Å². The van der Waals surface area contributed by atoms with Crippen LogP contribution in [0.3, 0.4) is 0 Å². The van der Waals surface area contributed by atoms with Crippen molar-refractivity contribution in [3.8, 4) is 0 Å². The smallest absolute Gasteiger partial charge is 0.0877 e. The van der Waals surface area contributed by atoms with Gasteiger partial charge in [-0.05, 0) is 24.1 Å². The SMILES string of the molecule is CCCN1CNc2cc(CO)ccc21. The van der Waals surface area contributed by atoms with E-state index in [-0.39, 0.29) is 6.61 Å². The highest BCUT2D eigenvalue weighted by atomic mass is 16.3. The third-order valence-electron chi connectivity index (χ3n) is 2.54. The van der Waals surface area contributed by atoms with E-state index in [9.17, 15) is 0 Å². The Labute approximate surface area is 84.4 Å². The first-order valence-corrected chi connectivity index (χ1v) is 5.07. The van der Waals surface area contributed by atoms with Crippen LogP contribution in [-0.2, 0) is 6.61 Å². The van der Waals surface area contributed by atoms with E-state index in [0.717, 1.165) is 30.9 Å². The molecule has 1 aliphatic rings. The quantitative estimate of drug-likeness (QED) is 0.766. The third kappa shape index (κ3) is 1.55. The second-order valence-electron chi connectivity index (χ2n) is 3.61. The minimum atomic E-state index is 0.114. The molecule has 0 atom stereocenters. The van der Waals surface area contributed by atoms with E-state index in [4.69, 9.17) is 5.11 Å². The Morgan fingerprint density at radius 1 is 1.50 bits per heavy atom. The highest BCUT2D eigenvalue weighted by molar-refractivity contribution is 5.75. The minimum absolute atomic E-state index is 0.114. The number of rotatable bonds is 3. The first-order chi connectivity index (χ1) is 6.85. The molecule has 0 bridgehead atoms. The van der Waals surface area contributed by atoms with Gasteiger partial charge in [-0.2, -0.15) is 0 Å². The lowest BCUT2D eigenvalue weighted by Gasteiger charge is -2.16. The van der Waals surface area contributed by atoms with Crippen molar-refractivity contribution in [2.45, 2.75) is 20.0 Å². The van der Waals surface area contributed by atoms with Gasteiger partial charge in [-0.25, -0.2) is 0 Å². The predicted molar refractivity (Wildman–Crippen MR) is 58.5 cm³/mol. The average Bonchev–Trinajstić information content (AvgIpc) is 2.61. The van der Waals surface area contributed by atoms with Gasteiger partial charge in [-0.15, -0.1) is 0 Å². The largest absolute Gasteiger partial charge is 0.392 e. The van der Waals surface area contributed by atoms with Crippen LogP contribution in [0.25, 0.3) is 0 Å². The van der Waals surface area contributed by atoms with Crippen LogP contribution in [0, 0.1) is 0 Å². The van der Waals surface area contributed by atoms with Crippen molar-refractivity contribution in [1.29, 1.82) is 0 Å². The molecule has 0 unspecified atom stereocenters. The molecule has 2 rings (SSSR count). The topological polar surface area (TPSA) is 35.5 Å². The van der Waals surface area contributed by atoms with Crippen molar-refractivity contribution in [3.05, 3.63) is 23.8 Å². The van der Waals surface area contributed by atoms with E-state index in [2.05, 4.69) is 23.2 Å². The number of aliphatic hydroxyl groups excluding tert-OH is 1. The molecule has 0 saturated heterocycles.